The van der Waals surface area contributed by atoms with Crippen LogP contribution in [0.5, 0.6) is 11.5 Å². The first-order valence-electron chi connectivity index (χ1n) is 7.84. The summed E-state index contributed by atoms with van der Waals surface area (Å²) in [4.78, 5) is 16.4. The van der Waals surface area contributed by atoms with Gasteiger partial charge in [-0.25, -0.2) is 13.8 Å². The number of aromatic nitrogens is 1. The molecule has 3 rings (SSSR count). The number of pyridine rings is 1. The smallest absolute Gasteiger partial charge is 0.395 e. The summed E-state index contributed by atoms with van der Waals surface area (Å²) in [5.41, 5.74) is 3.79. The van der Waals surface area contributed by atoms with Crippen LogP contribution >= 0.6 is 11.6 Å². The lowest BCUT2D eigenvalue weighted by molar-refractivity contribution is -0.287. The topological polar surface area (TPSA) is 74.4 Å². The lowest BCUT2D eigenvalue weighted by Gasteiger charge is -2.14. The minimum atomic E-state index is -4.14. The number of carbonyl (C=O) groups is 1. The van der Waals surface area contributed by atoms with E-state index in [2.05, 4.69) is 14.5 Å². The van der Waals surface area contributed by atoms with Crippen molar-refractivity contribution in [1.29, 1.82) is 0 Å². The standard InChI is InChI=1S/C17H13ClF4N2O3/c1-3-6(2)14(25)13-9(18)11(23)10(20)12(24-13)7-4-5-8(19)16-15(7)26-17(21,22)27-16/h4-6H,3H2,1-2H3,(H2,23,24). The highest BCUT2D eigenvalue weighted by atomic mass is 35.5. The molecule has 2 heterocycles. The maximum Gasteiger partial charge on any atom is 0.586 e. The van der Waals surface area contributed by atoms with Gasteiger partial charge in [-0.2, -0.15) is 0 Å². The van der Waals surface area contributed by atoms with E-state index in [1.807, 2.05) is 0 Å². The van der Waals surface area contributed by atoms with E-state index in [1.165, 1.54) is 0 Å². The van der Waals surface area contributed by atoms with E-state index in [-0.39, 0.29) is 16.3 Å². The van der Waals surface area contributed by atoms with Crippen molar-refractivity contribution in [2.75, 3.05) is 5.73 Å². The number of fused-ring (bicyclic) bond motifs is 1. The fraction of sp³-hybridized carbons (Fsp3) is 0.294. The van der Waals surface area contributed by atoms with Crippen molar-refractivity contribution in [3.63, 3.8) is 0 Å². The third-order valence-electron chi connectivity index (χ3n) is 4.17. The van der Waals surface area contributed by atoms with Gasteiger partial charge in [0.15, 0.2) is 23.2 Å². The number of carbonyl (C=O) groups excluding carboxylic acids is 1. The van der Waals surface area contributed by atoms with Crippen molar-refractivity contribution in [3.8, 4) is 22.8 Å². The first kappa shape index (κ1) is 19.2. The number of ether oxygens (including phenoxy) is 2. The molecule has 0 spiro atoms. The summed E-state index contributed by atoms with van der Waals surface area (Å²) in [6, 6.07) is 1.75. The van der Waals surface area contributed by atoms with Crippen LogP contribution in [0, 0.1) is 17.6 Å². The zero-order chi connectivity index (χ0) is 20.1. The molecule has 1 atom stereocenters. The van der Waals surface area contributed by atoms with Gasteiger partial charge in [-0.1, -0.05) is 25.4 Å². The first-order valence-corrected chi connectivity index (χ1v) is 8.22. The molecule has 0 bridgehead atoms. The van der Waals surface area contributed by atoms with Crippen LogP contribution in [0.1, 0.15) is 30.8 Å². The van der Waals surface area contributed by atoms with Gasteiger partial charge < -0.3 is 15.2 Å². The number of hydrogen-bond acceptors (Lipinski definition) is 5. The number of rotatable bonds is 4. The summed E-state index contributed by atoms with van der Waals surface area (Å²) in [7, 11) is 0. The molecule has 1 unspecified atom stereocenters. The largest absolute Gasteiger partial charge is 0.586 e. The Labute approximate surface area is 156 Å². The van der Waals surface area contributed by atoms with Gasteiger partial charge in [-0.05, 0) is 18.6 Å². The zero-order valence-electron chi connectivity index (χ0n) is 14.1. The molecular weight excluding hydrogens is 392 g/mol. The van der Waals surface area contributed by atoms with E-state index in [4.69, 9.17) is 17.3 Å². The van der Waals surface area contributed by atoms with Crippen LogP contribution in [-0.4, -0.2) is 17.1 Å². The summed E-state index contributed by atoms with van der Waals surface area (Å²) < 4.78 is 63.6. The molecule has 1 aromatic heterocycles. The Morgan fingerprint density at radius 2 is 1.93 bits per heavy atom. The van der Waals surface area contributed by atoms with Crippen LogP contribution in [0.15, 0.2) is 12.1 Å². The molecule has 5 nitrogen and oxygen atoms in total. The SMILES string of the molecule is CCC(C)C(=O)c1nc(-c2ccc(F)c3c2OC(F)(F)O3)c(F)c(N)c1Cl. The molecule has 2 aromatic rings. The predicted octanol–water partition coefficient (Wildman–Crippen LogP) is 4.81. The average molecular weight is 405 g/mol. The highest BCUT2D eigenvalue weighted by molar-refractivity contribution is 6.36. The van der Waals surface area contributed by atoms with E-state index in [9.17, 15) is 22.4 Å². The normalized spacial score (nSPS) is 15.7. The highest BCUT2D eigenvalue weighted by Crippen LogP contribution is 2.49. The number of nitrogens with zero attached hydrogens (tertiary/aromatic N) is 1. The van der Waals surface area contributed by atoms with Crippen molar-refractivity contribution in [2.24, 2.45) is 5.92 Å². The van der Waals surface area contributed by atoms with E-state index >= 15 is 0 Å². The third kappa shape index (κ3) is 3.16. The molecule has 0 fully saturated rings. The molecule has 0 saturated carbocycles. The van der Waals surface area contributed by atoms with Gasteiger partial charge in [0.2, 0.25) is 5.75 Å². The van der Waals surface area contributed by atoms with Crippen LogP contribution in [0.3, 0.4) is 0 Å². The lowest BCUT2D eigenvalue weighted by Crippen LogP contribution is -2.26. The second-order valence-electron chi connectivity index (χ2n) is 5.94. The number of ketones is 1. The Morgan fingerprint density at radius 1 is 1.30 bits per heavy atom. The predicted molar refractivity (Wildman–Crippen MR) is 89.0 cm³/mol. The number of hydrogen-bond donors (Lipinski definition) is 1. The molecule has 27 heavy (non-hydrogen) atoms. The van der Waals surface area contributed by atoms with E-state index < -0.39 is 52.5 Å². The molecule has 0 saturated heterocycles. The molecule has 2 N–H and O–H groups in total. The Hall–Kier alpha value is -2.55. The van der Waals surface area contributed by atoms with Crippen LogP contribution in [0.4, 0.5) is 23.2 Å². The van der Waals surface area contributed by atoms with Crippen molar-refractivity contribution in [2.45, 2.75) is 26.6 Å². The monoisotopic (exact) mass is 404 g/mol. The molecule has 1 aliphatic heterocycles. The summed E-state index contributed by atoms with van der Waals surface area (Å²) in [6.45, 7) is 3.37. The summed E-state index contributed by atoms with van der Waals surface area (Å²) >= 11 is 5.96. The van der Waals surface area contributed by atoms with Crippen molar-refractivity contribution in [3.05, 3.63) is 34.5 Å². The maximum atomic E-state index is 14.7. The van der Waals surface area contributed by atoms with Crippen LogP contribution < -0.4 is 15.2 Å². The van der Waals surface area contributed by atoms with Crippen LogP contribution in [0.25, 0.3) is 11.3 Å². The Kier molecular flexibility index (Phi) is 4.67. The van der Waals surface area contributed by atoms with Gasteiger partial charge in [-0.3, -0.25) is 4.79 Å². The number of halogens is 5. The Balaban J connectivity index is 2.24. The fourth-order valence-corrected chi connectivity index (χ4v) is 2.72. The van der Waals surface area contributed by atoms with Crippen LogP contribution in [0.2, 0.25) is 5.02 Å². The van der Waals surface area contributed by atoms with Crippen LogP contribution in [-0.2, 0) is 0 Å². The molecule has 0 aliphatic carbocycles. The first-order chi connectivity index (χ1) is 12.6. The van der Waals surface area contributed by atoms with Gasteiger partial charge in [0, 0.05) is 11.5 Å². The minimum Gasteiger partial charge on any atom is -0.395 e. The van der Waals surface area contributed by atoms with Crippen molar-refractivity contribution in [1.82, 2.24) is 4.98 Å². The van der Waals surface area contributed by atoms with Gasteiger partial charge in [-0.15, -0.1) is 8.78 Å². The average Bonchev–Trinajstić information content (AvgIpc) is 2.96. The summed E-state index contributed by atoms with van der Waals surface area (Å²) in [6.07, 6.45) is -3.68. The maximum absolute atomic E-state index is 14.7. The Bertz CT molecular complexity index is 953. The number of alkyl halides is 2. The quantitative estimate of drug-likeness (QED) is 0.584. The van der Waals surface area contributed by atoms with Gasteiger partial charge in [0.1, 0.15) is 11.4 Å². The zero-order valence-corrected chi connectivity index (χ0v) is 14.8. The summed E-state index contributed by atoms with van der Waals surface area (Å²) in [5, 5.41) is -0.386. The number of anilines is 1. The van der Waals surface area contributed by atoms with Crippen molar-refractivity contribution < 1.29 is 31.8 Å². The molecular formula is C17H13ClF4N2O3. The molecule has 1 aromatic carbocycles. The van der Waals surface area contributed by atoms with Gasteiger partial charge >= 0.3 is 6.29 Å². The summed E-state index contributed by atoms with van der Waals surface area (Å²) in [5.74, 6) is -4.94. The fourth-order valence-electron chi connectivity index (χ4n) is 2.50. The minimum absolute atomic E-state index is 0.316. The van der Waals surface area contributed by atoms with Crippen molar-refractivity contribution >= 4 is 23.1 Å². The number of nitrogen functional groups attached to an aromatic ring is 1. The second kappa shape index (κ2) is 6.56. The molecule has 0 radical (unpaired) electrons. The Morgan fingerprint density at radius 3 is 2.56 bits per heavy atom. The highest BCUT2D eigenvalue weighted by Gasteiger charge is 2.47. The lowest BCUT2D eigenvalue weighted by atomic mass is 9.99. The van der Waals surface area contributed by atoms with E-state index in [1.54, 1.807) is 13.8 Å². The number of nitrogens with two attached hydrogens (primary N) is 1. The molecule has 10 heteroatoms. The van der Waals surface area contributed by atoms with Gasteiger partial charge in [0.25, 0.3) is 0 Å². The van der Waals surface area contributed by atoms with Gasteiger partial charge in [0.05, 0.1) is 10.7 Å². The van der Waals surface area contributed by atoms with E-state index in [0.29, 0.717) is 6.42 Å². The number of Topliss-reactive ketones (excluding diaryl/α,β-unsaturated/α-hetero) is 1. The second-order valence-corrected chi connectivity index (χ2v) is 6.32. The van der Waals surface area contributed by atoms with E-state index in [0.717, 1.165) is 12.1 Å². The molecule has 0 amide bonds. The third-order valence-corrected chi connectivity index (χ3v) is 4.55. The number of benzene rings is 1. The molecule has 1 aliphatic rings. The molecule has 144 valence electrons.